The van der Waals surface area contributed by atoms with Gasteiger partial charge in [-0.25, -0.2) is 0 Å². The molecule has 0 saturated heterocycles. The second-order valence-electron chi connectivity index (χ2n) is 4.24. The summed E-state index contributed by atoms with van der Waals surface area (Å²) in [4.78, 5) is 10.8. The average Bonchev–Trinajstić information content (AvgIpc) is 2.46. The number of benzene rings is 2. The van der Waals surface area contributed by atoms with Crippen LogP contribution in [0.1, 0.15) is 16.7 Å². The van der Waals surface area contributed by atoms with Gasteiger partial charge in [0, 0.05) is 0 Å². The normalized spacial score (nSPS) is 9.75. The lowest BCUT2D eigenvalue weighted by molar-refractivity contribution is -0.136. The fourth-order valence-electron chi connectivity index (χ4n) is 1.87. The van der Waals surface area contributed by atoms with Crippen LogP contribution < -0.4 is 4.74 Å². The van der Waals surface area contributed by atoms with Crippen LogP contribution in [0.15, 0.2) is 48.5 Å². The van der Waals surface area contributed by atoms with Crippen molar-refractivity contribution in [2.24, 2.45) is 0 Å². The van der Waals surface area contributed by atoms with E-state index in [1.165, 1.54) is 0 Å². The molecule has 20 heavy (non-hydrogen) atoms. The predicted molar refractivity (Wildman–Crippen MR) is 73.3 cm³/mol. The number of rotatable bonds is 5. The number of nitriles is 1. The Bertz CT molecular complexity index is 659. The Labute approximate surface area is 116 Å². The summed E-state index contributed by atoms with van der Waals surface area (Å²) in [5.74, 6) is -0.380. The summed E-state index contributed by atoms with van der Waals surface area (Å²) in [6.07, 6.45) is -0.0422. The van der Waals surface area contributed by atoms with Crippen LogP contribution in [0.5, 0.6) is 5.75 Å². The number of ether oxygens (including phenoxy) is 1. The van der Waals surface area contributed by atoms with E-state index in [4.69, 9.17) is 15.1 Å². The topological polar surface area (TPSA) is 70.3 Å². The van der Waals surface area contributed by atoms with Crippen LogP contribution >= 0.6 is 0 Å². The summed E-state index contributed by atoms with van der Waals surface area (Å²) in [7, 11) is 0. The summed E-state index contributed by atoms with van der Waals surface area (Å²) in [6, 6.07) is 16.2. The molecule has 100 valence electrons. The highest BCUT2D eigenvalue weighted by Gasteiger charge is 2.08. The summed E-state index contributed by atoms with van der Waals surface area (Å²) in [5.41, 5.74) is 1.99. The average molecular weight is 267 g/mol. The van der Waals surface area contributed by atoms with Gasteiger partial charge in [-0.1, -0.05) is 36.4 Å². The van der Waals surface area contributed by atoms with Crippen molar-refractivity contribution < 1.29 is 14.6 Å². The smallest absolute Gasteiger partial charge is 0.307 e. The van der Waals surface area contributed by atoms with Gasteiger partial charge in [-0.2, -0.15) is 5.26 Å². The van der Waals surface area contributed by atoms with E-state index in [1.807, 2.05) is 12.1 Å². The largest absolute Gasteiger partial charge is 0.488 e. The molecule has 0 saturated carbocycles. The Morgan fingerprint density at radius 3 is 2.45 bits per heavy atom. The van der Waals surface area contributed by atoms with Crippen molar-refractivity contribution in [3.63, 3.8) is 0 Å². The Hall–Kier alpha value is -2.80. The van der Waals surface area contributed by atoms with Crippen molar-refractivity contribution in [1.29, 1.82) is 5.26 Å². The molecule has 0 atom stereocenters. The first-order chi connectivity index (χ1) is 9.70. The fourth-order valence-corrected chi connectivity index (χ4v) is 1.87. The summed E-state index contributed by atoms with van der Waals surface area (Å²) >= 11 is 0. The number of carboxylic acids is 1. The lowest BCUT2D eigenvalue weighted by Crippen LogP contribution is -2.06. The van der Waals surface area contributed by atoms with E-state index >= 15 is 0 Å². The van der Waals surface area contributed by atoms with Crippen LogP contribution in [-0.4, -0.2) is 11.1 Å². The Morgan fingerprint density at radius 2 is 1.75 bits per heavy atom. The molecule has 1 N–H and O–H groups in total. The molecule has 0 radical (unpaired) electrons. The van der Waals surface area contributed by atoms with Gasteiger partial charge in [0.05, 0.1) is 12.0 Å². The van der Waals surface area contributed by atoms with Crippen molar-refractivity contribution in [2.75, 3.05) is 0 Å². The maximum Gasteiger partial charge on any atom is 0.307 e. The molecule has 0 bridgehead atoms. The third-order valence-corrected chi connectivity index (χ3v) is 2.85. The molecule has 2 aromatic carbocycles. The van der Waals surface area contributed by atoms with Gasteiger partial charge in [-0.15, -0.1) is 0 Å². The maximum atomic E-state index is 10.8. The monoisotopic (exact) mass is 267 g/mol. The van der Waals surface area contributed by atoms with Crippen molar-refractivity contribution in [3.05, 3.63) is 65.2 Å². The third-order valence-electron chi connectivity index (χ3n) is 2.85. The number of carboxylic acid groups (broad SMARTS) is 1. The van der Waals surface area contributed by atoms with E-state index < -0.39 is 5.97 Å². The van der Waals surface area contributed by atoms with Crippen LogP contribution in [0.3, 0.4) is 0 Å². The molecule has 2 aromatic rings. The standard InChI is InChI=1S/C16H13NO3/c17-10-13-6-3-4-8-15(13)20-11-14-7-2-1-5-12(14)9-16(18)19/h1-8H,9,11H2,(H,18,19). The summed E-state index contributed by atoms with van der Waals surface area (Å²) in [5, 5.41) is 17.9. The van der Waals surface area contributed by atoms with E-state index in [-0.39, 0.29) is 13.0 Å². The Kier molecular flexibility index (Phi) is 4.35. The van der Waals surface area contributed by atoms with E-state index in [1.54, 1.807) is 36.4 Å². The van der Waals surface area contributed by atoms with Gasteiger partial charge in [0.25, 0.3) is 0 Å². The molecule has 0 heterocycles. The highest BCUT2D eigenvalue weighted by Crippen LogP contribution is 2.19. The van der Waals surface area contributed by atoms with E-state index in [0.717, 1.165) is 11.1 Å². The minimum Gasteiger partial charge on any atom is -0.488 e. The molecule has 0 aliphatic heterocycles. The highest BCUT2D eigenvalue weighted by atomic mass is 16.5. The summed E-state index contributed by atoms with van der Waals surface area (Å²) < 4.78 is 5.62. The number of hydrogen-bond acceptors (Lipinski definition) is 3. The first-order valence-electron chi connectivity index (χ1n) is 6.11. The van der Waals surface area contributed by atoms with Gasteiger partial charge in [-0.05, 0) is 23.3 Å². The molecule has 0 fully saturated rings. The number of hydrogen-bond donors (Lipinski definition) is 1. The molecule has 0 spiro atoms. The van der Waals surface area contributed by atoms with Crippen LogP contribution in [-0.2, 0) is 17.8 Å². The molecule has 2 rings (SSSR count). The zero-order valence-electron chi connectivity index (χ0n) is 10.7. The molecule has 0 aliphatic rings. The van der Waals surface area contributed by atoms with E-state index in [0.29, 0.717) is 11.3 Å². The van der Waals surface area contributed by atoms with Gasteiger partial charge in [0.2, 0.25) is 0 Å². The van der Waals surface area contributed by atoms with Gasteiger partial charge in [-0.3, -0.25) is 4.79 Å². The van der Waals surface area contributed by atoms with Crippen molar-refractivity contribution >= 4 is 5.97 Å². The molecular weight excluding hydrogens is 254 g/mol. The van der Waals surface area contributed by atoms with Crippen LogP contribution in [0, 0.1) is 11.3 Å². The number of nitrogens with zero attached hydrogens (tertiary/aromatic N) is 1. The van der Waals surface area contributed by atoms with Crippen LogP contribution in [0.25, 0.3) is 0 Å². The third kappa shape index (κ3) is 3.36. The van der Waals surface area contributed by atoms with Gasteiger partial charge >= 0.3 is 5.97 Å². The van der Waals surface area contributed by atoms with E-state index in [9.17, 15) is 4.79 Å². The maximum absolute atomic E-state index is 10.8. The van der Waals surface area contributed by atoms with Crippen molar-refractivity contribution in [2.45, 2.75) is 13.0 Å². The number of para-hydroxylation sites is 1. The van der Waals surface area contributed by atoms with Gasteiger partial charge in [0.1, 0.15) is 18.4 Å². The predicted octanol–water partition coefficient (Wildman–Crippen LogP) is 2.76. The number of aliphatic carboxylic acids is 1. The molecular formula is C16H13NO3. The first-order valence-corrected chi connectivity index (χ1v) is 6.11. The summed E-state index contributed by atoms with van der Waals surface area (Å²) in [6.45, 7) is 0.238. The lowest BCUT2D eigenvalue weighted by atomic mass is 10.1. The minimum absolute atomic E-state index is 0.0422. The molecule has 4 nitrogen and oxygen atoms in total. The molecule has 0 aromatic heterocycles. The van der Waals surface area contributed by atoms with Crippen molar-refractivity contribution in [3.8, 4) is 11.8 Å². The lowest BCUT2D eigenvalue weighted by Gasteiger charge is -2.10. The molecule has 0 aliphatic carbocycles. The second-order valence-corrected chi connectivity index (χ2v) is 4.24. The Morgan fingerprint density at radius 1 is 1.10 bits per heavy atom. The first kappa shape index (κ1) is 13.6. The quantitative estimate of drug-likeness (QED) is 0.904. The highest BCUT2D eigenvalue weighted by molar-refractivity contribution is 5.70. The zero-order chi connectivity index (χ0) is 14.4. The van der Waals surface area contributed by atoms with Crippen LogP contribution in [0.2, 0.25) is 0 Å². The van der Waals surface area contributed by atoms with Gasteiger partial charge < -0.3 is 9.84 Å². The second kappa shape index (κ2) is 6.39. The van der Waals surface area contributed by atoms with Crippen LogP contribution in [0.4, 0.5) is 0 Å². The fraction of sp³-hybridized carbons (Fsp3) is 0.125. The number of carbonyl (C=O) groups is 1. The Balaban J connectivity index is 2.15. The van der Waals surface area contributed by atoms with Crippen molar-refractivity contribution in [1.82, 2.24) is 0 Å². The SMILES string of the molecule is N#Cc1ccccc1OCc1ccccc1CC(=O)O. The molecule has 0 amide bonds. The minimum atomic E-state index is -0.880. The van der Waals surface area contributed by atoms with Gasteiger partial charge in [0.15, 0.2) is 0 Å². The zero-order valence-corrected chi connectivity index (χ0v) is 10.7. The molecule has 4 heteroatoms. The van der Waals surface area contributed by atoms with E-state index in [2.05, 4.69) is 6.07 Å². The molecule has 0 unspecified atom stereocenters.